The van der Waals surface area contributed by atoms with Crippen LogP contribution < -0.4 is 5.32 Å². The summed E-state index contributed by atoms with van der Waals surface area (Å²) in [7, 11) is 0. The number of hydrogen-bond donors (Lipinski definition) is 1. The number of hydrogen-bond acceptors (Lipinski definition) is 2. The van der Waals surface area contributed by atoms with Crippen LogP contribution in [0.25, 0.3) is 0 Å². The molecule has 2 heteroatoms. The fourth-order valence-electron chi connectivity index (χ4n) is 2.05. The molecule has 1 N–H and O–H groups in total. The predicted molar refractivity (Wildman–Crippen MR) is 60.5 cm³/mol. The third kappa shape index (κ3) is 4.43. The quantitative estimate of drug-likeness (QED) is 0.735. The number of nitrogens with one attached hydrogen (secondary N) is 1. The second-order valence-electron chi connectivity index (χ2n) is 4.76. The lowest BCUT2D eigenvalue weighted by Gasteiger charge is -2.29. The molecule has 0 radical (unpaired) electrons. The first-order valence-corrected chi connectivity index (χ1v) is 6.07. The van der Waals surface area contributed by atoms with Crippen molar-refractivity contribution in [2.24, 2.45) is 5.92 Å². The van der Waals surface area contributed by atoms with Crippen molar-refractivity contribution < 1.29 is 4.74 Å². The van der Waals surface area contributed by atoms with Crippen LogP contribution in [0.2, 0.25) is 0 Å². The summed E-state index contributed by atoms with van der Waals surface area (Å²) in [6, 6.07) is 0.749. The van der Waals surface area contributed by atoms with Crippen LogP contribution in [-0.2, 0) is 4.74 Å². The first-order chi connectivity index (χ1) is 6.72. The van der Waals surface area contributed by atoms with Crippen LogP contribution >= 0.6 is 0 Å². The molecular weight excluding hydrogens is 174 g/mol. The van der Waals surface area contributed by atoms with Crippen LogP contribution in [0.1, 0.15) is 46.5 Å². The second kappa shape index (κ2) is 6.41. The lowest BCUT2D eigenvalue weighted by molar-refractivity contribution is 0.00866. The van der Waals surface area contributed by atoms with Crippen molar-refractivity contribution in [3.8, 4) is 0 Å². The van der Waals surface area contributed by atoms with Gasteiger partial charge in [0.15, 0.2) is 0 Å². The Morgan fingerprint density at radius 2 is 1.86 bits per heavy atom. The van der Waals surface area contributed by atoms with E-state index in [1.54, 1.807) is 0 Å². The van der Waals surface area contributed by atoms with Gasteiger partial charge in [0, 0.05) is 12.6 Å². The summed E-state index contributed by atoms with van der Waals surface area (Å²) in [5.74, 6) is 0.668. The third-order valence-corrected chi connectivity index (χ3v) is 2.83. The zero-order valence-corrected chi connectivity index (χ0v) is 9.88. The molecule has 0 amide bonds. The van der Waals surface area contributed by atoms with Crippen LogP contribution in [0.5, 0.6) is 0 Å². The van der Waals surface area contributed by atoms with Crippen molar-refractivity contribution >= 4 is 0 Å². The molecule has 0 unspecified atom stereocenters. The SMILES string of the molecule is CCNC1CCC(OCC(C)C)CC1. The van der Waals surface area contributed by atoms with Gasteiger partial charge in [-0.3, -0.25) is 0 Å². The van der Waals surface area contributed by atoms with Crippen LogP contribution in [0, 0.1) is 5.92 Å². The molecule has 0 bridgehead atoms. The van der Waals surface area contributed by atoms with Gasteiger partial charge >= 0.3 is 0 Å². The van der Waals surface area contributed by atoms with E-state index in [9.17, 15) is 0 Å². The standard InChI is InChI=1S/C12H25NO/c1-4-13-11-5-7-12(8-6-11)14-9-10(2)3/h10-13H,4-9H2,1-3H3. The highest BCUT2D eigenvalue weighted by molar-refractivity contribution is 4.77. The summed E-state index contributed by atoms with van der Waals surface area (Å²) in [5, 5.41) is 3.51. The zero-order chi connectivity index (χ0) is 10.4. The summed E-state index contributed by atoms with van der Waals surface area (Å²) in [4.78, 5) is 0. The molecule has 0 heterocycles. The second-order valence-corrected chi connectivity index (χ2v) is 4.76. The first-order valence-electron chi connectivity index (χ1n) is 6.07. The highest BCUT2D eigenvalue weighted by Gasteiger charge is 2.20. The number of rotatable bonds is 5. The summed E-state index contributed by atoms with van der Waals surface area (Å²) in [5.41, 5.74) is 0. The third-order valence-electron chi connectivity index (χ3n) is 2.83. The molecule has 0 atom stereocenters. The van der Waals surface area contributed by atoms with Gasteiger partial charge in [0.25, 0.3) is 0 Å². The zero-order valence-electron chi connectivity index (χ0n) is 9.88. The van der Waals surface area contributed by atoms with E-state index in [0.717, 1.165) is 19.2 Å². The fourth-order valence-corrected chi connectivity index (χ4v) is 2.05. The average Bonchev–Trinajstić information content (AvgIpc) is 2.17. The van der Waals surface area contributed by atoms with E-state index >= 15 is 0 Å². The highest BCUT2D eigenvalue weighted by atomic mass is 16.5. The molecule has 0 saturated heterocycles. The van der Waals surface area contributed by atoms with Crippen LogP contribution in [0.15, 0.2) is 0 Å². The van der Waals surface area contributed by atoms with Gasteiger partial charge in [0.2, 0.25) is 0 Å². The Morgan fingerprint density at radius 3 is 2.36 bits per heavy atom. The van der Waals surface area contributed by atoms with E-state index in [2.05, 4.69) is 26.1 Å². The van der Waals surface area contributed by atoms with Crippen molar-refractivity contribution in [3.05, 3.63) is 0 Å². The average molecular weight is 199 g/mol. The van der Waals surface area contributed by atoms with E-state index in [1.165, 1.54) is 25.7 Å². The molecule has 0 aliphatic heterocycles. The molecule has 1 rings (SSSR count). The summed E-state index contributed by atoms with van der Waals surface area (Å²) in [6.07, 6.45) is 5.59. The largest absolute Gasteiger partial charge is 0.378 e. The molecule has 0 aromatic heterocycles. The molecule has 84 valence electrons. The van der Waals surface area contributed by atoms with Crippen molar-refractivity contribution in [2.45, 2.75) is 58.6 Å². The minimum atomic E-state index is 0.535. The van der Waals surface area contributed by atoms with Gasteiger partial charge < -0.3 is 10.1 Å². The first kappa shape index (κ1) is 12.0. The lowest BCUT2D eigenvalue weighted by atomic mass is 9.93. The molecule has 1 saturated carbocycles. The van der Waals surface area contributed by atoms with Gasteiger partial charge in [0.05, 0.1) is 6.10 Å². The van der Waals surface area contributed by atoms with E-state index < -0.39 is 0 Å². The summed E-state index contributed by atoms with van der Waals surface area (Å²) < 4.78 is 5.84. The van der Waals surface area contributed by atoms with Crippen molar-refractivity contribution in [2.75, 3.05) is 13.2 Å². The molecule has 1 fully saturated rings. The van der Waals surface area contributed by atoms with Gasteiger partial charge in [-0.25, -0.2) is 0 Å². The Balaban J connectivity index is 2.09. The van der Waals surface area contributed by atoms with Crippen molar-refractivity contribution in [1.82, 2.24) is 5.32 Å². The maximum absolute atomic E-state index is 5.84. The van der Waals surface area contributed by atoms with Gasteiger partial charge in [-0.2, -0.15) is 0 Å². The Hall–Kier alpha value is -0.0800. The molecule has 1 aliphatic rings. The molecule has 1 aliphatic carbocycles. The van der Waals surface area contributed by atoms with Crippen molar-refractivity contribution in [1.29, 1.82) is 0 Å². The summed E-state index contributed by atoms with van der Waals surface area (Å²) >= 11 is 0. The van der Waals surface area contributed by atoms with E-state index in [1.807, 2.05) is 0 Å². The van der Waals surface area contributed by atoms with Crippen LogP contribution in [0.3, 0.4) is 0 Å². The fraction of sp³-hybridized carbons (Fsp3) is 1.00. The minimum absolute atomic E-state index is 0.535. The van der Waals surface area contributed by atoms with E-state index in [-0.39, 0.29) is 0 Å². The van der Waals surface area contributed by atoms with Gasteiger partial charge in [-0.05, 0) is 38.1 Å². The maximum Gasteiger partial charge on any atom is 0.0576 e. The molecule has 2 nitrogen and oxygen atoms in total. The minimum Gasteiger partial charge on any atom is -0.378 e. The summed E-state index contributed by atoms with van der Waals surface area (Å²) in [6.45, 7) is 8.63. The van der Waals surface area contributed by atoms with Crippen molar-refractivity contribution in [3.63, 3.8) is 0 Å². The highest BCUT2D eigenvalue weighted by Crippen LogP contribution is 2.21. The molecule has 0 aromatic rings. The smallest absolute Gasteiger partial charge is 0.0576 e. The topological polar surface area (TPSA) is 21.3 Å². The van der Waals surface area contributed by atoms with Gasteiger partial charge in [-0.1, -0.05) is 20.8 Å². The Morgan fingerprint density at radius 1 is 1.21 bits per heavy atom. The van der Waals surface area contributed by atoms with Gasteiger partial charge in [-0.15, -0.1) is 0 Å². The Bertz CT molecular complexity index is 139. The maximum atomic E-state index is 5.84. The van der Waals surface area contributed by atoms with E-state index in [4.69, 9.17) is 4.74 Å². The predicted octanol–water partition coefficient (Wildman–Crippen LogP) is 2.58. The number of ether oxygens (including phenoxy) is 1. The van der Waals surface area contributed by atoms with Crippen LogP contribution in [-0.4, -0.2) is 25.3 Å². The normalized spacial score (nSPS) is 28.3. The monoisotopic (exact) mass is 199 g/mol. The lowest BCUT2D eigenvalue weighted by Crippen LogP contribution is -2.35. The molecule has 14 heavy (non-hydrogen) atoms. The van der Waals surface area contributed by atoms with E-state index in [0.29, 0.717) is 12.0 Å². The Kier molecular flexibility index (Phi) is 5.49. The Labute approximate surface area is 88.4 Å². The molecular formula is C12H25NO. The molecule has 0 aromatic carbocycles. The van der Waals surface area contributed by atoms with Gasteiger partial charge in [0.1, 0.15) is 0 Å². The van der Waals surface area contributed by atoms with Crippen LogP contribution in [0.4, 0.5) is 0 Å². The molecule has 0 spiro atoms.